The summed E-state index contributed by atoms with van der Waals surface area (Å²) >= 11 is 0. The zero-order valence-corrected chi connectivity index (χ0v) is 6.26. The zero-order valence-electron chi connectivity index (χ0n) is 6.26. The van der Waals surface area contributed by atoms with Gasteiger partial charge in [-0.1, -0.05) is 5.16 Å². The molecule has 1 aromatic rings. The van der Waals surface area contributed by atoms with Crippen LogP contribution in [0.3, 0.4) is 0 Å². The van der Waals surface area contributed by atoms with Crippen LogP contribution >= 0.6 is 0 Å². The summed E-state index contributed by atoms with van der Waals surface area (Å²) in [6.07, 6.45) is 1.84. The number of aromatic nitrogens is 1. The Balaban J connectivity index is 2.35. The molecular formula is C7H11N3O. The molecular weight excluding hydrogens is 142 g/mol. The maximum atomic E-state index is 5.60. The van der Waals surface area contributed by atoms with E-state index in [1.807, 2.05) is 0 Å². The zero-order chi connectivity index (χ0) is 7.68. The van der Waals surface area contributed by atoms with Crippen molar-refractivity contribution in [3.63, 3.8) is 0 Å². The molecule has 0 saturated carbocycles. The Morgan fingerprint density at radius 1 is 1.36 bits per heavy atom. The molecule has 4 nitrogen and oxygen atoms in total. The van der Waals surface area contributed by atoms with Gasteiger partial charge in [-0.2, -0.15) is 0 Å². The summed E-state index contributed by atoms with van der Waals surface area (Å²) in [5.41, 5.74) is 6.69. The highest BCUT2D eigenvalue weighted by Gasteiger charge is 2.15. The molecule has 4 heteroatoms. The first kappa shape index (κ1) is 6.67. The van der Waals surface area contributed by atoms with Crippen molar-refractivity contribution in [1.82, 2.24) is 10.5 Å². The fourth-order valence-corrected chi connectivity index (χ4v) is 1.36. The summed E-state index contributed by atoms with van der Waals surface area (Å²) in [6, 6.07) is 0. The lowest BCUT2D eigenvalue weighted by molar-refractivity contribution is 0.385. The van der Waals surface area contributed by atoms with Crippen molar-refractivity contribution in [2.45, 2.75) is 12.8 Å². The molecule has 0 bridgehead atoms. The van der Waals surface area contributed by atoms with Crippen LogP contribution in [0.4, 0.5) is 5.82 Å². The Hall–Kier alpha value is -1.03. The Morgan fingerprint density at radius 3 is 3.09 bits per heavy atom. The fraction of sp³-hybridized carbons (Fsp3) is 0.571. The smallest absolute Gasteiger partial charge is 0.170 e. The van der Waals surface area contributed by atoms with E-state index in [2.05, 4.69) is 10.5 Å². The van der Waals surface area contributed by atoms with E-state index in [4.69, 9.17) is 10.3 Å². The summed E-state index contributed by atoms with van der Waals surface area (Å²) in [6.45, 7) is 1.93. The molecule has 11 heavy (non-hydrogen) atoms. The van der Waals surface area contributed by atoms with Crippen molar-refractivity contribution < 1.29 is 4.52 Å². The molecule has 1 aliphatic rings. The predicted octanol–water partition coefficient (Wildman–Crippen LogP) is -0.0550. The lowest BCUT2D eigenvalue weighted by Crippen LogP contribution is -2.16. The van der Waals surface area contributed by atoms with E-state index in [0.717, 1.165) is 37.3 Å². The number of nitrogen functional groups attached to an aromatic ring is 1. The van der Waals surface area contributed by atoms with Crippen LogP contribution in [0.1, 0.15) is 11.3 Å². The summed E-state index contributed by atoms with van der Waals surface area (Å²) in [5, 5.41) is 6.98. The molecule has 1 aliphatic heterocycles. The molecule has 0 aromatic carbocycles. The highest BCUT2D eigenvalue weighted by atomic mass is 16.5. The molecule has 0 spiro atoms. The minimum absolute atomic E-state index is 0.559. The second-order valence-electron chi connectivity index (χ2n) is 2.72. The number of nitrogens with one attached hydrogen (secondary N) is 1. The van der Waals surface area contributed by atoms with Crippen molar-refractivity contribution in [3.8, 4) is 0 Å². The third-order valence-electron chi connectivity index (χ3n) is 1.98. The van der Waals surface area contributed by atoms with Gasteiger partial charge in [-0.25, -0.2) is 0 Å². The van der Waals surface area contributed by atoms with Crippen molar-refractivity contribution >= 4 is 5.82 Å². The average molecular weight is 153 g/mol. The first-order chi connectivity index (χ1) is 5.38. The SMILES string of the molecule is Nc1noc2c1CCNCC2. The molecule has 60 valence electrons. The normalized spacial score (nSPS) is 17.5. The summed E-state index contributed by atoms with van der Waals surface area (Å²) in [4.78, 5) is 0. The quantitative estimate of drug-likeness (QED) is 0.548. The van der Waals surface area contributed by atoms with E-state index in [0.29, 0.717) is 5.82 Å². The lowest BCUT2D eigenvalue weighted by Gasteiger charge is -1.94. The number of fused-ring (bicyclic) bond motifs is 1. The van der Waals surface area contributed by atoms with Gasteiger partial charge in [-0.15, -0.1) is 0 Å². The Bertz CT molecular complexity index is 256. The fourth-order valence-electron chi connectivity index (χ4n) is 1.36. The van der Waals surface area contributed by atoms with Crippen LogP contribution in [0.25, 0.3) is 0 Å². The Morgan fingerprint density at radius 2 is 2.18 bits per heavy atom. The lowest BCUT2D eigenvalue weighted by atomic mass is 10.1. The summed E-state index contributed by atoms with van der Waals surface area (Å²) < 4.78 is 5.05. The predicted molar refractivity (Wildman–Crippen MR) is 41.2 cm³/mol. The average Bonchev–Trinajstić information content (AvgIpc) is 2.25. The monoisotopic (exact) mass is 153 g/mol. The number of rotatable bonds is 0. The molecule has 3 N–H and O–H groups in total. The van der Waals surface area contributed by atoms with Crippen LogP contribution in [0.2, 0.25) is 0 Å². The van der Waals surface area contributed by atoms with Crippen LogP contribution < -0.4 is 11.1 Å². The van der Waals surface area contributed by atoms with Gasteiger partial charge in [0.15, 0.2) is 5.82 Å². The van der Waals surface area contributed by atoms with E-state index in [1.165, 1.54) is 0 Å². The highest BCUT2D eigenvalue weighted by molar-refractivity contribution is 5.41. The molecule has 0 atom stereocenters. The number of anilines is 1. The number of hydrogen-bond acceptors (Lipinski definition) is 4. The minimum atomic E-state index is 0.559. The van der Waals surface area contributed by atoms with Crippen LogP contribution in [-0.2, 0) is 12.8 Å². The Labute approximate surface area is 64.7 Å². The van der Waals surface area contributed by atoms with E-state index in [1.54, 1.807) is 0 Å². The molecule has 0 radical (unpaired) electrons. The molecule has 0 aliphatic carbocycles. The van der Waals surface area contributed by atoms with E-state index in [-0.39, 0.29) is 0 Å². The third kappa shape index (κ3) is 1.09. The molecule has 1 aromatic heterocycles. The second-order valence-corrected chi connectivity index (χ2v) is 2.72. The van der Waals surface area contributed by atoms with Gasteiger partial charge in [-0.05, 0) is 13.0 Å². The highest BCUT2D eigenvalue weighted by Crippen LogP contribution is 2.18. The van der Waals surface area contributed by atoms with Gasteiger partial charge in [0.25, 0.3) is 0 Å². The maximum Gasteiger partial charge on any atom is 0.170 e. The van der Waals surface area contributed by atoms with E-state index < -0.39 is 0 Å². The first-order valence-corrected chi connectivity index (χ1v) is 3.81. The maximum absolute atomic E-state index is 5.60. The van der Waals surface area contributed by atoms with Crippen molar-refractivity contribution in [2.24, 2.45) is 0 Å². The largest absolute Gasteiger partial charge is 0.381 e. The topological polar surface area (TPSA) is 64.1 Å². The molecule has 0 saturated heterocycles. The van der Waals surface area contributed by atoms with Crippen molar-refractivity contribution in [2.75, 3.05) is 18.8 Å². The standard InChI is InChI=1S/C7H11N3O/c8-7-5-1-3-9-4-2-6(5)11-10-7/h9H,1-4H2,(H2,8,10). The van der Waals surface area contributed by atoms with Crippen LogP contribution in [0, 0.1) is 0 Å². The van der Waals surface area contributed by atoms with Crippen molar-refractivity contribution in [3.05, 3.63) is 11.3 Å². The first-order valence-electron chi connectivity index (χ1n) is 3.81. The summed E-state index contributed by atoms with van der Waals surface area (Å²) in [7, 11) is 0. The number of nitrogens with zero attached hydrogens (tertiary/aromatic N) is 1. The molecule has 0 fully saturated rings. The van der Waals surface area contributed by atoms with Gasteiger partial charge in [0.2, 0.25) is 0 Å². The van der Waals surface area contributed by atoms with Crippen LogP contribution in [0.5, 0.6) is 0 Å². The third-order valence-corrected chi connectivity index (χ3v) is 1.98. The minimum Gasteiger partial charge on any atom is -0.381 e. The summed E-state index contributed by atoms with van der Waals surface area (Å²) in [5.74, 6) is 1.51. The molecule has 0 unspecified atom stereocenters. The van der Waals surface area contributed by atoms with Gasteiger partial charge in [0.05, 0.1) is 0 Å². The molecule has 2 rings (SSSR count). The molecule has 2 heterocycles. The van der Waals surface area contributed by atoms with E-state index >= 15 is 0 Å². The molecule has 0 amide bonds. The van der Waals surface area contributed by atoms with Crippen molar-refractivity contribution in [1.29, 1.82) is 0 Å². The Kier molecular flexibility index (Phi) is 1.54. The van der Waals surface area contributed by atoms with Gasteiger partial charge < -0.3 is 15.6 Å². The van der Waals surface area contributed by atoms with Gasteiger partial charge in [0, 0.05) is 18.5 Å². The van der Waals surface area contributed by atoms with Gasteiger partial charge >= 0.3 is 0 Å². The number of hydrogen-bond donors (Lipinski definition) is 2. The van der Waals surface area contributed by atoms with Crippen LogP contribution in [-0.4, -0.2) is 18.2 Å². The van der Waals surface area contributed by atoms with Gasteiger partial charge in [-0.3, -0.25) is 0 Å². The second kappa shape index (κ2) is 2.54. The van der Waals surface area contributed by atoms with Crippen LogP contribution in [0.15, 0.2) is 4.52 Å². The number of nitrogens with two attached hydrogens (primary N) is 1. The van der Waals surface area contributed by atoms with E-state index in [9.17, 15) is 0 Å². The van der Waals surface area contributed by atoms with Gasteiger partial charge in [0.1, 0.15) is 5.76 Å².